The normalized spacial score (nSPS) is 11.5. The van der Waals surface area contributed by atoms with Gasteiger partial charge < -0.3 is 4.90 Å². The summed E-state index contributed by atoms with van der Waals surface area (Å²) in [7, 11) is 1.32. The van der Waals surface area contributed by atoms with Crippen LogP contribution in [0.15, 0.2) is 47.3 Å². The van der Waals surface area contributed by atoms with Gasteiger partial charge in [0, 0.05) is 30.1 Å². The fourth-order valence-corrected chi connectivity index (χ4v) is 3.06. The Morgan fingerprint density at radius 3 is 2.32 bits per heavy atom. The van der Waals surface area contributed by atoms with Crippen molar-refractivity contribution in [2.24, 2.45) is 0 Å². The zero-order valence-electron chi connectivity index (χ0n) is 16.0. The van der Waals surface area contributed by atoms with Crippen molar-refractivity contribution in [3.63, 3.8) is 0 Å². The van der Waals surface area contributed by atoms with Gasteiger partial charge in [-0.3, -0.25) is 9.36 Å². The van der Waals surface area contributed by atoms with Gasteiger partial charge in [-0.15, -0.1) is 0 Å². The Labute approximate surface area is 177 Å². The predicted octanol–water partition coefficient (Wildman–Crippen LogP) is 4.77. The van der Waals surface area contributed by atoms with Crippen LogP contribution in [0.3, 0.4) is 0 Å². The summed E-state index contributed by atoms with van der Waals surface area (Å²) in [6.45, 7) is 1.26. The Hall–Kier alpha value is -3.27. The molecule has 0 N–H and O–H groups in total. The summed E-state index contributed by atoms with van der Waals surface area (Å²) < 4.78 is 66.2. The van der Waals surface area contributed by atoms with Gasteiger partial charge in [-0.2, -0.15) is 18.2 Å². The van der Waals surface area contributed by atoms with Crippen LogP contribution < -0.4 is 10.6 Å². The highest BCUT2D eigenvalue weighted by Crippen LogP contribution is 2.29. The van der Waals surface area contributed by atoms with Crippen LogP contribution in [0.4, 0.5) is 27.6 Å². The Bertz CT molecular complexity index is 1240. The quantitative estimate of drug-likeness (QED) is 0.532. The van der Waals surface area contributed by atoms with E-state index in [0.29, 0.717) is 6.07 Å². The van der Waals surface area contributed by atoms with Gasteiger partial charge in [-0.05, 0) is 43.3 Å². The molecule has 11 heteroatoms. The first-order valence-corrected chi connectivity index (χ1v) is 8.99. The first kappa shape index (κ1) is 22.4. The number of halogens is 6. The SMILES string of the molecule is Cc1cc(C(F)(F)F)nc(=O)n1-c1cc(C(=O)N(C)c2ccc(F)c(F)c2)ccc1Cl. The van der Waals surface area contributed by atoms with E-state index in [1.54, 1.807) is 0 Å². The molecule has 31 heavy (non-hydrogen) atoms. The van der Waals surface area contributed by atoms with Crippen molar-refractivity contribution in [2.45, 2.75) is 13.1 Å². The van der Waals surface area contributed by atoms with Gasteiger partial charge in [0.25, 0.3) is 5.91 Å². The van der Waals surface area contributed by atoms with Gasteiger partial charge in [0.2, 0.25) is 0 Å². The van der Waals surface area contributed by atoms with Gasteiger partial charge >= 0.3 is 11.9 Å². The minimum absolute atomic E-state index is 0.00201. The number of aromatic nitrogens is 2. The fraction of sp³-hybridized carbons (Fsp3) is 0.150. The van der Waals surface area contributed by atoms with E-state index in [4.69, 9.17) is 11.6 Å². The summed E-state index contributed by atoms with van der Waals surface area (Å²) in [4.78, 5) is 29.2. The smallest absolute Gasteiger partial charge is 0.311 e. The number of anilines is 1. The van der Waals surface area contributed by atoms with E-state index in [-0.39, 0.29) is 27.7 Å². The molecule has 1 amide bonds. The molecular formula is C20H13ClF5N3O2. The molecule has 0 bridgehead atoms. The van der Waals surface area contributed by atoms with Crippen LogP contribution in [0.25, 0.3) is 5.69 Å². The Kier molecular flexibility index (Phi) is 5.86. The van der Waals surface area contributed by atoms with Crippen molar-refractivity contribution in [1.82, 2.24) is 9.55 Å². The summed E-state index contributed by atoms with van der Waals surface area (Å²) >= 11 is 6.12. The average molecular weight is 458 g/mol. The lowest BCUT2D eigenvalue weighted by atomic mass is 10.1. The van der Waals surface area contributed by atoms with E-state index in [1.165, 1.54) is 38.2 Å². The zero-order valence-corrected chi connectivity index (χ0v) is 16.7. The van der Waals surface area contributed by atoms with Crippen LogP contribution in [0.2, 0.25) is 5.02 Å². The van der Waals surface area contributed by atoms with Crippen molar-refractivity contribution in [2.75, 3.05) is 11.9 Å². The highest BCUT2D eigenvalue weighted by molar-refractivity contribution is 6.32. The highest BCUT2D eigenvalue weighted by atomic mass is 35.5. The first-order chi connectivity index (χ1) is 14.4. The van der Waals surface area contributed by atoms with Crippen LogP contribution in [-0.4, -0.2) is 22.5 Å². The van der Waals surface area contributed by atoms with Crippen molar-refractivity contribution in [3.05, 3.63) is 86.6 Å². The predicted molar refractivity (Wildman–Crippen MR) is 104 cm³/mol. The molecule has 0 saturated carbocycles. The van der Waals surface area contributed by atoms with Gasteiger partial charge in [-0.25, -0.2) is 13.6 Å². The largest absolute Gasteiger partial charge is 0.433 e. The number of hydrogen-bond acceptors (Lipinski definition) is 3. The molecular weight excluding hydrogens is 445 g/mol. The molecule has 0 saturated heterocycles. The molecule has 3 rings (SSSR count). The fourth-order valence-electron chi connectivity index (χ4n) is 2.86. The molecule has 0 aliphatic rings. The van der Waals surface area contributed by atoms with Gasteiger partial charge in [0.15, 0.2) is 17.3 Å². The van der Waals surface area contributed by atoms with E-state index >= 15 is 0 Å². The number of hydrogen-bond donors (Lipinski definition) is 0. The first-order valence-electron chi connectivity index (χ1n) is 8.61. The number of carbonyl (C=O) groups excluding carboxylic acids is 1. The molecule has 0 aliphatic heterocycles. The maximum absolute atomic E-state index is 13.5. The number of nitrogens with zero attached hydrogens (tertiary/aromatic N) is 3. The number of carbonyl (C=O) groups is 1. The molecule has 0 unspecified atom stereocenters. The van der Waals surface area contributed by atoms with E-state index in [9.17, 15) is 31.5 Å². The average Bonchev–Trinajstić information content (AvgIpc) is 2.69. The summed E-state index contributed by atoms with van der Waals surface area (Å²) in [5.41, 5.74) is -2.69. The topological polar surface area (TPSA) is 55.2 Å². The molecule has 0 aliphatic carbocycles. The Morgan fingerprint density at radius 2 is 1.74 bits per heavy atom. The molecule has 162 valence electrons. The summed E-state index contributed by atoms with van der Waals surface area (Å²) in [6.07, 6.45) is -4.81. The van der Waals surface area contributed by atoms with Gasteiger partial charge in [-0.1, -0.05) is 11.6 Å². The van der Waals surface area contributed by atoms with Crippen LogP contribution in [0.5, 0.6) is 0 Å². The standard InChI is InChI=1S/C20H13ClF5N3O2/c1-10-7-17(20(24,25)26)27-19(31)29(10)16-8-11(3-5-13(16)21)18(30)28(2)12-4-6-14(22)15(23)9-12/h3-9H,1-2H3. The maximum Gasteiger partial charge on any atom is 0.433 e. The second-order valence-electron chi connectivity index (χ2n) is 6.53. The third kappa shape index (κ3) is 4.43. The third-order valence-electron chi connectivity index (χ3n) is 4.43. The van der Waals surface area contributed by atoms with Crippen molar-refractivity contribution in [3.8, 4) is 5.69 Å². The number of benzene rings is 2. The molecule has 2 aromatic carbocycles. The lowest BCUT2D eigenvalue weighted by Crippen LogP contribution is -2.29. The van der Waals surface area contributed by atoms with E-state index < -0.39 is 35.1 Å². The van der Waals surface area contributed by atoms with Crippen molar-refractivity contribution >= 4 is 23.2 Å². The van der Waals surface area contributed by atoms with E-state index in [2.05, 4.69) is 4.98 Å². The number of aryl methyl sites for hydroxylation is 1. The lowest BCUT2D eigenvalue weighted by Gasteiger charge is -2.19. The third-order valence-corrected chi connectivity index (χ3v) is 4.74. The Balaban J connectivity index is 2.06. The second-order valence-corrected chi connectivity index (χ2v) is 6.93. The van der Waals surface area contributed by atoms with E-state index in [0.717, 1.165) is 21.6 Å². The second kappa shape index (κ2) is 8.10. The molecule has 3 aromatic rings. The molecule has 0 spiro atoms. The van der Waals surface area contributed by atoms with Crippen molar-refractivity contribution < 1.29 is 26.7 Å². The molecule has 1 aromatic heterocycles. The number of alkyl halides is 3. The number of rotatable bonds is 3. The van der Waals surface area contributed by atoms with Gasteiger partial charge in [0.1, 0.15) is 0 Å². The summed E-state index contributed by atoms with van der Waals surface area (Å²) in [5, 5.41) is -0.0150. The zero-order chi connectivity index (χ0) is 23.1. The minimum Gasteiger partial charge on any atom is -0.311 e. The molecule has 5 nitrogen and oxygen atoms in total. The van der Waals surface area contributed by atoms with Crippen LogP contribution in [-0.2, 0) is 6.18 Å². The number of amides is 1. The monoisotopic (exact) mass is 457 g/mol. The molecule has 1 heterocycles. The van der Waals surface area contributed by atoms with Crippen LogP contribution in [0, 0.1) is 18.6 Å². The minimum atomic E-state index is -4.81. The molecule has 0 atom stereocenters. The maximum atomic E-state index is 13.5. The van der Waals surface area contributed by atoms with Crippen molar-refractivity contribution in [1.29, 1.82) is 0 Å². The summed E-state index contributed by atoms with van der Waals surface area (Å²) in [5.74, 6) is -2.88. The lowest BCUT2D eigenvalue weighted by molar-refractivity contribution is -0.141. The Morgan fingerprint density at radius 1 is 1.06 bits per heavy atom. The van der Waals surface area contributed by atoms with Gasteiger partial charge in [0.05, 0.1) is 10.7 Å². The van der Waals surface area contributed by atoms with Crippen LogP contribution >= 0.6 is 11.6 Å². The molecule has 0 fully saturated rings. The highest BCUT2D eigenvalue weighted by Gasteiger charge is 2.34. The van der Waals surface area contributed by atoms with Crippen LogP contribution in [0.1, 0.15) is 21.7 Å². The van der Waals surface area contributed by atoms with E-state index in [1.807, 2.05) is 0 Å². The summed E-state index contributed by atoms with van der Waals surface area (Å²) in [6, 6.07) is 7.37. The molecule has 0 radical (unpaired) electrons.